The number of amides is 3. The van der Waals surface area contributed by atoms with Crippen molar-refractivity contribution in [3.8, 4) is 0 Å². The van der Waals surface area contributed by atoms with Gasteiger partial charge in [-0.3, -0.25) is 9.59 Å². The molecule has 0 radical (unpaired) electrons. The highest BCUT2D eigenvalue weighted by atomic mass is 16.5. The lowest BCUT2D eigenvalue weighted by Gasteiger charge is -2.30. The van der Waals surface area contributed by atoms with E-state index in [1.807, 2.05) is 6.92 Å². The van der Waals surface area contributed by atoms with Crippen molar-refractivity contribution in [1.82, 2.24) is 10.2 Å². The smallest absolute Gasteiger partial charge is 0.329 e. The molecule has 0 aromatic heterocycles. The maximum atomic E-state index is 12.9. The van der Waals surface area contributed by atoms with E-state index in [4.69, 9.17) is 4.74 Å². The van der Waals surface area contributed by atoms with Gasteiger partial charge in [0.1, 0.15) is 5.54 Å². The van der Waals surface area contributed by atoms with Crippen LogP contribution in [0.3, 0.4) is 0 Å². The van der Waals surface area contributed by atoms with Gasteiger partial charge in [-0.1, -0.05) is 25.7 Å². The molecule has 0 atom stereocenters. The minimum Gasteiger partial charge on any atom is -0.466 e. The number of hydrogen-bond donors (Lipinski definition) is 2. The van der Waals surface area contributed by atoms with Gasteiger partial charge in [-0.15, -0.1) is 0 Å². The first-order chi connectivity index (χ1) is 12.1. The molecule has 7 heteroatoms. The average Bonchev–Trinajstić information content (AvgIpc) is 2.77. The number of imide groups is 1. The second kappa shape index (κ2) is 7.72. The van der Waals surface area contributed by atoms with E-state index in [1.54, 1.807) is 0 Å². The van der Waals surface area contributed by atoms with Crippen LogP contribution in [0.15, 0.2) is 0 Å². The molecule has 2 N–H and O–H groups in total. The Hall–Kier alpha value is -1.63. The summed E-state index contributed by atoms with van der Waals surface area (Å²) in [5.41, 5.74) is -0.656. The zero-order valence-corrected chi connectivity index (χ0v) is 15.1. The Balaban J connectivity index is 1.56. The van der Waals surface area contributed by atoms with E-state index in [2.05, 4.69) is 5.32 Å². The number of nitrogens with zero attached hydrogens (tertiary/aromatic N) is 1. The number of nitrogens with one attached hydrogen (secondary N) is 2. The summed E-state index contributed by atoms with van der Waals surface area (Å²) < 4.78 is 5.09. The van der Waals surface area contributed by atoms with Crippen LogP contribution in [0.4, 0.5) is 4.79 Å². The van der Waals surface area contributed by atoms with E-state index < -0.39 is 5.54 Å². The van der Waals surface area contributed by atoms with Crippen LogP contribution in [0.5, 0.6) is 0 Å². The first kappa shape index (κ1) is 18.2. The molecule has 3 rings (SSSR count). The predicted octanol–water partition coefficient (Wildman–Crippen LogP) is 0.447. The first-order valence-electron chi connectivity index (χ1n) is 9.70. The van der Waals surface area contributed by atoms with Gasteiger partial charge in [-0.05, 0) is 19.8 Å². The summed E-state index contributed by atoms with van der Waals surface area (Å²) in [5.74, 6) is -0.201. The average molecular weight is 352 g/mol. The fraction of sp³-hybridized carbons (Fsp3) is 0.833. The molecule has 0 aromatic rings. The molecule has 3 fully saturated rings. The van der Waals surface area contributed by atoms with Crippen LogP contribution in [0.1, 0.15) is 58.3 Å². The van der Waals surface area contributed by atoms with E-state index in [-0.39, 0.29) is 23.8 Å². The highest BCUT2D eigenvalue weighted by Gasteiger charge is 2.51. The summed E-state index contributed by atoms with van der Waals surface area (Å²) in [7, 11) is 0. The van der Waals surface area contributed by atoms with Gasteiger partial charge in [0.2, 0.25) is 0 Å². The topological polar surface area (TPSA) is 80.2 Å². The van der Waals surface area contributed by atoms with Crippen molar-refractivity contribution >= 4 is 17.9 Å². The number of rotatable bonds is 4. The molecular weight excluding hydrogens is 322 g/mol. The number of piperidine rings is 1. The Kier molecular flexibility index (Phi) is 5.61. The third-order valence-electron chi connectivity index (χ3n) is 5.90. The molecule has 0 unspecified atom stereocenters. The fourth-order valence-corrected chi connectivity index (χ4v) is 4.39. The van der Waals surface area contributed by atoms with Crippen molar-refractivity contribution in [3.63, 3.8) is 0 Å². The standard InChI is InChI=1S/C18H29N3O4/c1-2-25-15(22)14-7-11-20(12-8-14)13-21-16(23)18(19-17(21)24)9-5-3-4-6-10-18/h14H,2-13H2,1H3,(H,19,24)/p+1. The lowest BCUT2D eigenvalue weighted by molar-refractivity contribution is -0.913. The number of urea groups is 1. The number of hydrogen-bond acceptors (Lipinski definition) is 4. The van der Waals surface area contributed by atoms with Crippen molar-refractivity contribution in [2.24, 2.45) is 5.92 Å². The summed E-state index contributed by atoms with van der Waals surface area (Å²) in [6, 6.07) is -0.244. The molecule has 140 valence electrons. The van der Waals surface area contributed by atoms with Gasteiger partial charge >= 0.3 is 12.0 Å². The summed E-state index contributed by atoms with van der Waals surface area (Å²) in [6.45, 7) is 4.21. The van der Waals surface area contributed by atoms with Gasteiger partial charge in [0.15, 0.2) is 6.67 Å². The van der Waals surface area contributed by atoms with Gasteiger partial charge < -0.3 is 15.0 Å². The molecule has 3 amide bonds. The molecule has 2 heterocycles. The molecule has 1 spiro atoms. The first-order valence-corrected chi connectivity index (χ1v) is 9.70. The van der Waals surface area contributed by atoms with Gasteiger partial charge in [-0.2, -0.15) is 0 Å². The maximum Gasteiger partial charge on any atom is 0.329 e. The maximum absolute atomic E-state index is 12.9. The molecular formula is C18H30N3O4+. The zero-order valence-electron chi connectivity index (χ0n) is 15.1. The highest BCUT2D eigenvalue weighted by Crippen LogP contribution is 2.32. The Bertz CT molecular complexity index is 520. The molecule has 2 saturated heterocycles. The zero-order chi connectivity index (χ0) is 17.9. The number of ether oxygens (including phenoxy) is 1. The van der Waals surface area contributed by atoms with Crippen LogP contribution in [0.2, 0.25) is 0 Å². The van der Waals surface area contributed by atoms with Crippen molar-refractivity contribution in [1.29, 1.82) is 0 Å². The second-order valence-electron chi connectivity index (χ2n) is 7.59. The van der Waals surface area contributed by atoms with Crippen LogP contribution in [-0.4, -0.2) is 54.7 Å². The SMILES string of the molecule is CCOC(=O)C1CC[NH+](CN2C(=O)NC3(CCCCCC3)C2=O)CC1. The summed E-state index contributed by atoms with van der Waals surface area (Å²) in [4.78, 5) is 39.8. The van der Waals surface area contributed by atoms with Crippen LogP contribution < -0.4 is 10.2 Å². The van der Waals surface area contributed by atoms with Crippen molar-refractivity contribution in [2.75, 3.05) is 26.4 Å². The highest BCUT2D eigenvalue weighted by molar-refractivity contribution is 6.06. The Morgan fingerprint density at radius 1 is 1.20 bits per heavy atom. The Labute approximate surface area is 149 Å². The number of likely N-dealkylation sites (tertiary alicyclic amines) is 1. The van der Waals surface area contributed by atoms with Gasteiger partial charge in [-0.25, -0.2) is 9.69 Å². The van der Waals surface area contributed by atoms with E-state index in [1.165, 1.54) is 9.80 Å². The van der Waals surface area contributed by atoms with E-state index >= 15 is 0 Å². The normalized spacial score (nSPS) is 29.4. The quantitative estimate of drug-likeness (QED) is 0.569. The van der Waals surface area contributed by atoms with E-state index in [0.717, 1.165) is 64.5 Å². The van der Waals surface area contributed by atoms with Crippen molar-refractivity contribution in [3.05, 3.63) is 0 Å². The number of quaternary nitrogens is 1. The Morgan fingerprint density at radius 2 is 1.84 bits per heavy atom. The van der Waals surface area contributed by atoms with Crippen LogP contribution in [0, 0.1) is 5.92 Å². The molecule has 25 heavy (non-hydrogen) atoms. The number of esters is 1. The molecule has 1 aliphatic carbocycles. The summed E-state index contributed by atoms with van der Waals surface area (Å²) >= 11 is 0. The molecule has 2 aliphatic heterocycles. The van der Waals surface area contributed by atoms with Gasteiger partial charge in [0.05, 0.1) is 25.6 Å². The molecule has 1 saturated carbocycles. The van der Waals surface area contributed by atoms with Gasteiger partial charge in [0.25, 0.3) is 5.91 Å². The minimum absolute atomic E-state index is 0.0417. The predicted molar refractivity (Wildman–Crippen MR) is 90.7 cm³/mol. The largest absolute Gasteiger partial charge is 0.466 e. The summed E-state index contributed by atoms with van der Waals surface area (Å²) in [5, 5.41) is 2.99. The third-order valence-corrected chi connectivity index (χ3v) is 5.90. The molecule has 3 aliphatic rings. The fourth-order valence-electron chi connectivity index (χ4n) is 4.39. The van der Waals surface area contributed by atoms with Crippen LogP contribution in [-0.2, 0) is 14.3 Å². The van der Waals surface area contributed by atoms with Crippen molar-refractivity contribution < 1.29 is 24.0 Å². The Morgan fingerprint density at radius 3 is 2.44 bits per heavy atom. The monoisotopic (exact) mass is 352 g/mol. The summed E-state index contributed by atoms with van der Waals surface area (Å²) in [6.07, 6.45) is 7.29. The molecule has 0 bridgehead atoms. The van der Waals surface area contributed by atoms with E-state index in [9.17, 15) is 14.4 Å². The van der Waals surface area contributed by atoms with Crippen LogP contribution in [0.25, 0.3) is 0 Å². The molecule has 0 aromatic carbocycles. The van der Waals surface area contributed by atoms with Crippen LogP contribution >= 0.6 is 0 Å². The minimum atomic E-state index is -0.656. The third kappa shape index (κ3) is 3.81. The lowest BCUT2D eigenvalue weighted by Crippen LogP contribution is -3.14. The molecule has 7 nitrogen and oxygen atoms in total. The van der Waals surface area contributed by atoms with Gasteiger partial charge in [0, 0.05) is 12.8 Å². The number of carbonyl (C=O) groups excluding carboxylic acids is 3. The lowest BCUT2D eigenvalue weighted by atomic mass is 9.90. The van der Waals surface area contributed by atoms with Crippen molar-refractivity contribution in [2.45, 2.75) is 63.8 Å². The number of carbonyl (C=O) groups is 3. The second-order valence-corrected chi connectivity index (χ2v) is 7.59. The van der Waals surface area contributed by atoms with E-state index in [0.29, 0.717) is 13.3 Å².